The average molecular weight is 392 g/mol. The maximum absolute atomic E-state index is 12.8. The van der Waals surface area contributed by atoms with Crippen molar-refractivity contribution in [1.29, 1.82) is 0 Å². The van der Waals surface area contributed by atoms with E-state index in [2.05, 4.69) is 25.3 Å². The van der Waals surface area contributed by atoms with Crippen molar-refractivity contribution in [3.63, 3.8) is 0 Å². The van der Waals surface area contributed by atoms with Gasteiger partial charge in [0.1, 0.15) is 0 Å². The van der Waals surface area contributed by atoms with Crippen LogP contribution in [0.3, 0.4) is 0 Å². The molecule has 2 N–H and O–H groups in total. The molecule has 1 aromatic carbocycles. The minimum atomic E-state index is -2.93. The van der Waals surface area contributed by atoms with Crippen LogP contribution in [0.1, 0.15) is 23.7 Å². The number of benzene rings is 1. The van der Waals surface area contributed by atoms with Gasteiger partial charge in [0.05, 0.1) is 6.61 Å². The number of halogens is 2. The van der Waals surface area contributed by atoms with Gasteiger partial charge in [-0.3, -0.25) is 9.98 Å². The minimum absolute atomic E-state index is 0.0352. The zero-order valence-corrected chi connectivity index (χ0v) is 16.3. The lowest BCUT2D eigenvalue weighted by molar-refractivity contribution is -0.0520. The molecule has 0 aliphatic heterocycles. The van der Waals surface area contributed by atoms with Gasteiger partial charge in [-0.1, -0.05) is 18.2 Å². The second kappa shape index (κ2) is 11.1. The molecule has 2 rings (SSSR count). The summed E-state index contributed by atoms with van der Waals surface area (Å²) in [6.45, 7) is 2.07. The van der Waals surface area contributed by atoms with E-state index >= 15 is 0 Å². The number of aromatic nitrogens is 1. The lowest BCUT2D eigenvalue weighted by atomic mass is 10.2. The summed E-state index contributed by atoms with van der Waals surface area (Å²) < 4.78 is 35.7. The molecule has 0 bridgehead atoms. The third-order valence-corrected chi connectivity index (χ3v) is 3.92. The summed E-state index contributed by atoms with van der Waals surface area (Å²) in [6.07, 6.45) is 2.63. The van der Waals surface area contributed by atoms with Crippen LogP contribution in [0.25, 0.3) is 0 Å². The van der Waals surface area contributed by atoms with Crippen molar-refractivity contribution >= 4 is 5.96 Å². The topological polar surface area (TPSA) is 67.8 Å². The van der Waals surface area contributed by atoms with E-state index in [0.29, 0.717) is 24.7 Å². The van der Waals surface area contributed by atoms with Gasteiger partial charge in [0, 0.05) is 37.6 Å². The van der Waals surface area contributed by atoms with Crippen LogP contribution in [0.2, 0.25) is 0 Å². The number of guanidine groups is 1. The Morgan fingerprint density at radius 3 is 2.68 bits per heavy atom. The molecule has 0 atom stereocenters. The van der Waals surface area contributed by atoms with Crippen molar-refractivity contribution < 1.29 is 18.3 Å². The highest BCUT2D eigenvalue weighted by molar-refractivity contribution is 5.79. The maximum atomic E-state index is 12.8. The summed E-state index contributed by atoms with van der Waals surface area (Å²) >= 11 is 0. The number of para-hydroxylation sites is 1. The van der Waals surface area contributed by atoms with Crippen LogP contribution in [-0.2, 0) is 13.0 Å². The third-order valence-electron chi connectivity index (χ3n) is 3.92. The fraction of sp³-hybridized carbons (Fsp3) is 0.400. The zero-order valence-electron chi connectivity index (χ0n) is 16.3. The molecule has 0 aliphatic carbocycles. The Kier molecular flexibility index (Phi) is 8.45. The monoisotopic (exact) mass is 392 g/mol. The Labute approximate surface area is 164 Å². The molecule has 1 aromatic heterocycles. The van der Waals surface area contributed by atoms with E-state index in [1.165, 1.54) is 0 Å². The lowest BCUT2D eigenvalue weighted by Gasteiger charge is -2.17. The highest BCUT2D eigenvalue weighted by Gasteiger charge is 2.16. The van der Waals surface area contributed by atoms with E-state index in [1.807, 2.05) is 25.3 Å². The van der Waals surface area contributed by atoms with Gasteiger partial charge < -0.3 is 20.1 Å². The highest BCUT2D eigenvalue weighted by atomic mass is 19.3. The highest BCUT2D eigenvalue weighted by Crippen LogP contribution is 2.32. The predicted molar refractivity (Wildman–Crippen MR) is 105 cm³/mol. The number of nitrogens with one attached hydrogen (secondary N) is 2. The molecule has 8 heteroatoms. The fourth-order valence-electron chi connectivity index (χ4n) is 2.56. The van der Waals surface area contributed by atoms with Crippen LogP contribution >= 0.6 is 0 Å². The maximum Gasteiger partial charge on any atom is 0.387 e. The van der Waals surface area contributed by atoms with Gasteiger partial charge in [0.2, 0.25) is 0 Å². The van der Waals surface area contributed by atoms with Crippen molar-refractivity contribution in [3.8, 4) is 11.5 Å². The van der Waals surface area contributed by atoms with Crippen molar-refractivity contribution in [3.05, 3.63) is 53.3 Å². The van der Waals surface area contributed by atoms with Crippen molar-refractivity contribution in [1.82, 2.24) is 15.6 Å². The molecule has 0 saturated carbocycles. The number of pyridine rings is 1. The number of ether oxygens (including phenoxy) is 2. The quantitative estimate of drug-likeness (QED) is 0.506. The van der Waals surface area contributed by atoms with Gasteiger partial charge >= 0.3 is 6.61 Å². The van der Waals surface area contributed by atoms with Crippen LogP contribution < -0.4 is 20.1 Å². The van der Waals surface area contributed by atoms with Crippen LogP contribution in [0.5, 0.6) is 11.5 Å². The number of aliphatic imine (C=N–C) groups is 1. The predicted octanol–water partition coefficient (Wildman–Crippen LogP) is 3.30. The molecule has 0 spiro atoms. The van der Waals surface area contributed by atoms with Crippen LogP contribution in [0.15, 0.2) is 41.5 Å². The Morgan fingerprint density at radius 2 is 2.04 bits per heavy atom. The SMILES string of the molecule is CCOc1cccc(CNC(=NC)NCCc2ccc(C)nc2)c1OC(F)F. The number of hydrogen-bond acceptors (Lipinski definition) is 4. The summed E-state index contributed by atoms with van der Waals surface area (Å²) in [6, 6.07) is 9.05. The molecule has 0 radical (unpaired) electrons. The summed E-state index contributed by atoms with van der Waals surface area (Å²) in [5.41, 5.74) is 2.65. The Morgan fingerprint density at radius 1 is 1.21 bits per heavy atom. The smallest absolute Gasteiger partial charge is 0.387 e. The third kappa shape index (κ3) is 6.68. The molecule has 0 saturated heterocycles. The first-order valence-corrected chi connectivity index (χ1v) is 9.09. The van der Waals surface area contributed by atoms with E-state index in [1.54, 1.807) is 32.2 Å². The van der Waals surface area contributed by atoms with Crippen LogP contribution in [0, 0.1) is 6.92 Å². The van der Waals surface area contributed by atoms with E-state index in [0.717, 1.165) is 17.7 Å². The van der Waals surface area contributed by atoms with Gasteiger partial charge in [-0.25, -0.2) is 0 Å². The number of rotatable bonds is 9. The minimum Gasteiger partial charge on any atom is -0.490 e. The molecule has 0 unspecified atom stereocenters. The number of nitrogens with zero attached hydrogens (tertiary/aromatic N) is 2. The Hall–Kier alpha value is -2.90. The largest absolute Gasteiger partial charge is 0.490 e. The zero-order chi connectivity index (χ0) is 20.4. The molecule has 6 nitrogen and oxygen atoms in total. The van der Waals surface area contributed by atoms with Crippen molar-refractivity contribution in [2.75, 3.05) is 20.2 Å². The van der Waals surface area contributed by atoms with Gasteiger partial charge in [-0.2, -0.15) is 8.78 Å². The molecule has 0 amide bonds. The molecular weight excluding hydrogens is 366 g/mol. The molecule has 1 heterocycles. The molecular formula is C20H26F2N4O2. The van der Waals surface area contributed by atoms with Gasteiger partial charge in [-0.15, -0.1) is 0 Å². The first-order chi connectivity index (χ1) is 13.5. The first kappa shape index (κ1) is 21.4. The molecule has 152 valence electrons. The summed E-state index contributed by atoms with van der Waals surface area (Å²) in [4.78, 5) is 8.43. The van der Waals surface area contributed by atoms with Gasteiger partial charge in [-0.05, 0) is 38.0 Å². The van der Waals surface area contributed by atoms with Crippen molar-refractivity contribution in [2.24, 2.45) is 4.99 Å². The molecule has 0 fully saturated rings. The second-order valence-electron chi connectivity index (χ2n) is 5.97. The van der Waals surface area contributed by atoms with E-state index < -0.39 is 6.61 Å². The Balaban J connectivity index is 1.94. The molecule has 28 heavy (non-hydrogen) atoms. The number of hydrogen-bond donors (Lipinski definition) is 2. The normalized spacial score (nSPS) is 11.4. The summed E-state index contributed by atoms with van der Waals surface area (Å²) in [7, 11) is 1.65. The van der Waals surface area contributed by atoms with Crippen molar-refractivity contribution in [2.45, 2.75) is 33.4 Å². The van der Waals surface area contributed by atoms with Crippen LogP contribution in [0.4, 0.5) is 8.78 Å². The number of alkyl halides is 2. The van der Waals surface area contributed by atoms with Gasteiger partial charge in [0.15, 0.2) is 17.5 Å². The van der Waals surface area contributed by atoms with Gasteiger partial charge in [0.25, 0.3) is 0 Å². The second-order valence-corrected chi connectivity index (χ2v) is 5.97. The number of aryl methyl sites for hydroxylation is 1. The van der Waals surface area contributed by atoms with E-state index in [-0.39, 0.29) is 18.0 Å². The first-order valence-electron chi connectivity index (χ1n) is 9.09. The lowest BCUT2D eigenvalue weighted by Crippen LogP contribution is -2.38. The van der Waals surface area contributed by atoms with E-state index in [4.69, 9.17) is 4.74 Å². The summed E-state index contributed by atoms with van der Waals surface area (Å²) in [5.74, 6) is 0.884. The average Bonchev–Trinajstić information content (AvgIpc) is 2.68. The Bertz CT molecular complexity index is 767. The fourth-order valence-corrected chi connectivity index (χ4v) is 2.56. The van der Waals surface area contributed by atoms with Crippen LogP contribution in [-0.4, -0.2) is 37.8 Å². The molecule has 2 aromatic rings. The summed E-state index contributed by atoms with van der Waals surface area (Å²) in [5, 5.41) is 6.30. The molecule has 0 aliphatic rings. The van der Waals surface area contributed by atoms with E-state index in [9.17, 15) is 8.78 Å². The standard InChI is InChI=1S/C20H26F2N4O2/c1-4-27-17-7-5-6-16(18(17)28-19(21)22)13-26-20(23-3)24-11-10-15-9-8-14(2)25-12-15/h5-9,12,19H,4,10-11,13H2,1-3H3,(H2,23,24,26).